The minimum Gasteiger partial charge on any atom is -0.465 e. The standard InChI is InChI=1S/C19H23N3O4S/c1-27(25,26)21-17-11-6-12-22(19(23)24)18(17)13-15-9-5-10-16(20-15)14-7-3-2-4-8-14/h2-5,7-10,17-18,21H,6,11-13H2,1H3,(H,23,24)/t17-,18-/m0/s1. The van der Waals surface area contributed by atoms with Gasteiger partial charge in [0.2, 0.25) is 10.0 Å². The van der Waals surface area contributed by atoms with Crippen LogP contribution in [0, 0.1) is 0 Å². The van der Waals surface area contributed by atoms with E-state index in [1.54, 1.807) is 0 Å². The van der Waals surface area contributed by atoms with Crippen LogP contribution in [0.5, 0.6) is 0 Å². The highest BCUT2D eigenvalue weighted by atomic mass is 32.2. The Morgan fingerprint density at radius 1 is 1.22 bits per heavy atom. The smallest absolute Gasteiger partial charge is 0.407 e. The van der Waals surface area contributed by atoms with E-state index >= 15 is 0 Å². The Bertz CT molecular complexity index is 902. The molecule has 7 nitrogen and oxygen atoms in total. The van der Waals surface area contributed by atoms with E-state index in [1.807, 2.05) is 48.5 Å². The van der Waals surface area contributed by atoms with E-state index in [9.17, 15) is 18.3 Å². The van der Waals surface area contributed by atoms with Crippen LogP contribution in [-0.2, 0) is 16.4 Å². The Kier molecular flexibility index (Phi) is 5.76. The van der Waals surface area contributed by atoms with Gasteiger partial charge < -0.3 is 10.0 Å². The summed E-state index contributed by atoms with van der Waals surface area (Å²) < 4.78 is 26.0. The molecule has 0 aliphatic carbocycles. The van der Waals surface area contributed by atoms with Crippen molar-refractivity contribution in [2.24, 2.45) is 0 Å². The molecule has 2 atom stereocenters. The van der Waals surface area contributed by atoms with Crippen molar-refractivity contribution in [3.05, 3.63) is 54.2 Å². The first kappa shape index (κ1) is 19.3. The average Bonchev–Trinajstić information content (AvgIpc) is 2.63. The molecule has 1 aromatic carbocycles. The van der Waals surface area contributed by atoms with Gasteiger partial charge in [0.25, 0.3) is 0 Å². The van der Waals surface area contributed by atoms with Crippen molar-refractivity contribution >= 4 is 16.1 Å². The monoisotopic (exact) mass is 389 g/mol. The van der Waals surface area contributed by atoms with Crippen molar-refractivity contribution in [1.82, 2.24) is 14.6 Å². The number of nitrogens with one attached hydrogen (secondary N) is 1. The van der Waals surface area contributed by atoms with Gasteiger partial charge in [0, 0.05) is 30.3 Å². The number of likely N-dealkylation sites (tertiary alicyclic amines) is 1. The Labute approximate surface area is 159 Å². The molecule has 0 saturated carbocycles. The second kappa shape index (κ2) is 8.06. The maximum absolute atomic E-state index is 11.7. The molecule has 1 fully saturated rings. The Morgan fingerprint density at radius 3 is 2.63 bits per heavy atom. The van der Waals surface area contributed by atoms with E-state index in [4.69, 9.17) is 0 Å². The zero-order valence-corrected chi connectivity index (χ0v) is 15.9. The molecule has 2 N–H and O–H groups in total. The average molecular weight is 389 g/mol. The highest BCUT2D eigenvalue weighted by Gasteiger charge is 2.36. The molecule has 1 aromatic heterocycles. The highest BCUT2D eigenvalue weighted by Crippen LogP contribution is 2.23. The molecule has 2 aromatic rings. The molecular formula is C19H23N3O4S. The molecule has 0 unspecified atom stereocenters. The van der Waals surface area contributed by atoms with Crippen molar-refractivity contribution in [3.63, 3.8) is 0 Å². The molecule has 1 aliphatic heterocycles. The lowest BCUT2D eigenvalue weighted by molar-refractivity contribution is 0.0938. The van der Waals surface area contributed by atoms with Gasteiger partial charge in [-0.3, -0.25) is 4.98 Å². The maximum Gasteiger partial charge on any atom is 0.407 e. The summed E-state index contributed by atoms with van der Waals surface area (Å²) in [6.07, 6.45) is 1.62. The SMILES string of the molecule is CS(=O)(=O)N[C@H]1CCCN(C(=O)O)[C@H]1Cc1cccc(-c2ccccc2)n1. The number of nitrogens with zero attached hydrogens (tertiary/aromatic N) is 2. The second-order valence-corrected chi connectivity index (χ2v) is 8.55. The van der Waals surface area contributed by atoms with Crippen LogP contribution in [0.3, 0.4) is 0 Å². The van der Waals surface area contributed by atoms with Crippen LogP contribution in [0.1, 0.15) is 18.5 Å². The molecule has 0 spiro atoms. The number of rotatable bonds is 5. The van der Waals surface area contributed by atoms with Gasteiger partial charge >= 0.3 is 6.09 Å². The molecule has 8 heteroatoms. The molecule has 1 aliphatic rings. The van der Waals surface area contributed by atoms with Crippen LogP contribution in [0.4, 0.5) is 4.79 Å². The Hall–Kier alpha value is -2.45. The number of hydrogen-bond donors (Lipinski definition) is 2. The summed E-state index contributed by atoms with van der Waals surface area (Å²) in [7, 11) is -3.44. The van der Waals surface area contributed by atoms with Crippen LogP contribution in [0.25, 0.3) is 11.3 Å². The number of sulfonamides is 1. The molecule has 0 radical (unpaired) electrons. The quantitative estimate of drug-likeness (QED) is 0.818. The molecule has 1 amide bonds. The third-order valence-corrected chi connectivity index (χ3v) is 5.42. The fourth-order valence-corrected chi connectivity index (χ4v) is 4.36. The van der Waals surface area contributed by atoms with Crippen LogP contribution >= 0.6 is 0 Å². The summed E-state index contributed by atoms with van der Waals surface area (Å²) in [5.74, 6) is 0. The third kappa shape index (κ3) is 5.05. The van der Waals surface area contributed by atoms with E-state index in [1.165, 1.54) is 4.90 Å². The first-order chi connectivity index (χ1) is 12.8. The summed E-state index contributed by atoms with van der Waals surface area (Å²) >= 11 is 0. The highest BCUT2D eigenvalue weighted by molar-refractivity contribution is 7.88. The number of pyridine rings is 1. The lowest BCUT2D eigenvalue weighted by Gasteiger charge is -2.39. The van der Waals surface area contributed by atoms with Crippen LogP contribution in [0.2, 0.25) is 0 Å². The molecular weight excluding hydrogens is 366 g/mol. The molecule has 2 heterocycles. The topological polar surface area (TPSA) is 99.6 Å². The van der Waals surface area contributed by atoms with Crippen molar-refractivity contribution in [2.75, 3.05) is 12.8 Å². The van der Waals surface area contributed by atoms with Gasteiger partial charge in [0.15, 0.2) is 0 Å². The van der Waals surface area contributed by atoms with Crippen LogP contribution in [0.15, 0.2) is 48.5 Å². The predicted molar refractivity (Wildman–Crippen MR) is 103 cm³/mol. The van der Waals surface area contributed by atoms with Gasteiger partial charge in [-0.25, -0.2) is 17.9 Å². The van der Waals surface area contributed by atoms with E-state index in [0.717, 1.165) is 23.2 Å². The summed E-state index contributed by atoms with van der Waals surface area (Å²) in [5, 5.41) is 9.56. The normalized spacial score (nSPS) is 20.4. The fourth-order valence-electron chi connectivity index (χ4n) is 3.54. The molecule has 27 heavy (non-hydrogen) atoms. The summed E-state index contributed by atoms with van der Waals surface area (Å²) in [6, 6.07) is 14.4. The number of carboxylic acid groups (broad SMARTS) is 1. The summed E-state index contributed by atoms with van der Waals surface area (Å²) in [4.78, 5) is 17.7. The van der Waals surface area contributed by atoms with E-state index in [2.05, 4.69) is 9.71 Å². The van der Waals surface area contributed by atoms with E-state index < -0.39 is 28.2 Å². The van der Waals surface area contributed by atoms with E-state index in [0.29, 0.717) is 25.8 Å². The van der Waals surface area contributed by atoms with Crippen molar-refractivity contribution in [1.29, 1.82) is 0 Å². The first-order valence-electron chi connectivity index (χ1n) is 8.82. The largest absolute Gasteiger partial charge is 0.465 e. The van der Waals surface area contributed by atoms with E-state index in [-0.39, 0.29) is 0 Å². The van der Waals surface area contributed by atoms with Crippen LogP contribution in [-0.4, -0.2) is 54.4 Å². The lowest BCUT2D eigenvalue weighted by Crippen LogP contribution is -2.57. The van der Waals surface area contributed by atoms with Gasteiger partial charge in [-0.2, -0.15) is 0 Å². The van der Waals surface area contributed by atoms with Gasteiger partial charge in [-0.15, -0.1) is 0 Å². The fraction of sp³-hybridized carbons (Fsp3) is 0.368. The zero-order chi connectivity index (χ0) is 19.4. The third-order valence-electron chi connectivity index (χ3n) is 4.68. The molecule has 0 bridgehead atoms. The molecule has 144 valence electrons. The summed E-state index contributed by atoms with van der Waals surface area (Å²) in [6.45, 7) is 0.389. The number of benzene rings is 1. The van der Waals surface area contributed by atoms with Gasteiger partial charge in [0.1, 0.15) is 0 Å². The van der Waals surface area contributed by atoms with Gasteiger partial charge in [-0.05, 0) is 25.0 Å². The molecule has 1 saturated heterocycles. The minimum absolute atomic E-state index is 0.347. The van der Waals surface area contributed by atoms with Crippen LogP contribution < -0.4 is 4.72 Å². The maximum atomic E-state index is 11.7. The zero-order valence-electron chi connectivity index (χ0n) is 15.1. The van der Waals surface area contributed by atoms with Crippen molar-refractivity contribution in [2.45, 2.75) is 31.3 Å². The van der Waals surface area contributed by atoms with Crippen molar-refractivity contribution in [3.8, 4) is 11.3 Å². The number of amides is 1. The van der Waals surface area contributed by atoms with Crippen molar-refractivity contribution < 1.29 is 18.3 Å². The second-order valence-electron chi connectivity index (χ2n) is 6.77. The number of hydrogen-bond acceptors (Lipinski definition) is 4. The predicted octanol–water partition coefficient (Wildman–Crippen LogP) is 2.35. The van der Waals surface area contributed by atoms with Gasteiger partial charge in [0.05, 0.1) is 18.0 Å². The number of piperidine rings is 1. The summed E-state index contributed by atoms with van der Waals surface area (Å²) in [5.41, 5.74) is 2.51. The number of aromatic nitrogens is 1. The minimum atomic E-state index is -3.44. The molecule has 3 rings (SSSR count). The lowest BCUT2D eigenvalue weighted by atomic mass is 9.93. The Morgan fingerprint density at radius 2 is 1.96 bits per heavy atom. The number of carbonyl (C=O) groups is 1. The Balaban J connectivity index is 1.88. The van der Waals surface area contributed by atoms with Gasteiger partial charge in [-0.1, -0.05) is 36.4 Å². The first-order valence-corrected chi connectivity index (χ1v) is 10.7.